The highest BCUT2D eigenvalue weighted by Gasteiger charge is 2.16. The van der Waals surface area contributed by atoms with E-state index in [1.54, 1.807) is 0 Å². The van der Waals surface area contributed by atoms with E-state index in [0.29, 0.717) is 6.04 Å². The lowest BCUT2D eigenvalue weighted by molar-refractivity contribution is 0.225. The zero-order valence-corrected chi connectivity index (χ0v) is 13.3. The van der Waals surface area contributed by atoms with Crippen molar-refractivity contribution in [3.05, 3.63) is 23.8 Å². The number of benzene rings is 1. The average molecular weight is 276 g/mol. The van der Waals surface area contributed by atoms with Crippen molar-refractivity contribution in [1.82, 2.24) is 4.90 Å². The fraction of sp³-hybridized carbons (Fsp3) is 0.647. The normalized spacial score (nSPS) is 19.1. The van der Waals surface area contributed by atoms with Crippen molar-refractivity contribution in [2.45, 2.75) is 52.2 Å². The molecule has 0 saturated carbocycles. The largest absolute Gasteiger partial charge is 0.487 e. The van der Waals surface area contributed by atoms with Crippen molar-refractivity contribution >= 4 is 5.69 Å². The van der Waals surface area contributed by atoms with Gasteiger partial charge < -0.3 is 15.0 Å². The van der Waals surface area contributed by atoms with Gasteiger partial charge in [-0.05, 0) is 58.0 Å². The van der Waals surface area contributed by atoms with Gasteiger partial charge >= 0.3 is 0 Å². The molecule has 0 bridgehead atoms. The van der Waals surface area contributed by atoms with Crippen LogP contribution >= 0.6 is 0 Å². The molecule has 1 aromatic rings. The molecular formula is C17H28N2O. The summed E-state index contributed by atoms with van der Waals surface area (Å²) in [5.41, 5.74) is 2.52. The molecule has 2 atom stereocenters. The molecule has 1 aliphatic heterocycles. The molecule has 0 aromatic heterocycles. The van der Waals surface area contributed by atoms with Gasteiger partial charge in [0.1, 0.15) is 11.9 Å². The topological polar surface area (TPSA) is 24.5 Å². The first kappa shape index (κ1) is 15.2. The zero-order valence-electron chi connectivity index (χ0n) is 13.3. The van der Waals surface area contributed by atoms with Gasteiger partial charge in [-0.2, -0.15) is 0 Å². The summed E-state index contributed by atoms with van der Waals surface area (Å²) in [5, 5.41) is 3.45. The van der Waals surface area contributed by atoms with E-state index < -0.39 is 0 Å². The van der Waals surface area contributed by atoms with Crippen LogP contribution in [-0.4, -0.2) is 37.2 Å². The van der Waals surface area contributed by atoms with E-state index in [-0.39, 0.29) is 6.10 Å². The Labute approximate surface area is 123 Å². The van der Waals surface area contributed by atoms with Crippen molar-refractivity contribution in [2.75, 3.05) is 25.5 Å². The first-order valence-corrected chi connectivity index (χ1v) is 7.83. The molecule has 0 aliphatic carbocycles. The third-order valence-corrected chi connectivity index (χ3v) is 4.10. The number of rotatable bonds is 6. The van der Waals surface area contributed by atoms with Gasteiger partial charge in [0.15, 0.2) is 0 Å². The van der Waals surface area contributed by atoms with Gasteiger partial charge in [-0.25, -0.2) is 0 Å². The molecule has 0 fully saturated rings. The van der Waals surface area contributed by atoms with Crippen molar-refractivity contribution in [1.29, 1.82) is 0 Å². The predicted octanol–water partition coefficient (Wildman–Crippen LogP) is 3.54. The van der Waals surface area contributed by atoms with E-state index in [1.165, 1.54) is 24.9 Å². The van der Waals surface area contributed by atoms with Gasteiger partial charge in [0.25, 0.3) is 0 Å². The Bertz CT molecular complexity index is 433. The Morgan fingerprint density at radius 3 is 3.00 bits per heavy atom. The maximum absolute atomic E-state index is 5.82. The molecular weight excluding hydrogens is 248 g/mol. The lowest BCUT2D eigenvalue weighted by Gasteiger charge is -2.27. The Morgan fingerprint density at radius 2 is 2.25 bits per heavy atom. The molecule has 3 nitrogen and oxygen atoms in total. The zero-order chi connectivity index (χ0) is 14.5. The highest BCUT2D eigenvalue weighted by atomic mass is 16.5. The summed E-state index contributed by atoms with van der Waals surface area (Å²) in [4.78, 5) is 2.45. The smallest absolute Gasteiger partial charge is 0.142 e. The summed E-state index contributed by atoms with van der Waals surface area (Å²) in [5.74, 6) is 0.986. The molecule has 2 unspecified atom stereocenters. The number of unbranched alkanes of at least 4 members (excludes halogenated alkanes) is 1. The van der Waals surface area contributed by atoms with Gasteiger partial charge in [0.2, 0.25) is 0 Å². The summed E-state index contributed by atoms with van der Waals surface area (Å²) >= 11 is 0. The molecule has 20 heavy (non-hydrogen) atoms. The maximum atomic E-state index is 5.82. The van der Waals surface area contributed by atoms with Crippen LogP contribution in [0, 0.1) is 0 Å². The average Bonchev–Trinajstić information content (AvgIpc) is 2.44. The van der Waals surface area contributed by atoms with Crippen LogP contribution in [0.25, 0.3) is 0 Å². The summed E-state index contributed by atoms with van der Waals surface area (Å²) in [6, 6.07) is 7.11. The molecule has 0 radical (unpaired) electrons. The Balaban J connectivity index is 1.96. The van der Waals surface area contributed by atoms with Gasteiger partial charge in [0.05, 0.1) is 12.2 Å². The number of anilines is 1. The minimum Gasteiger partial charge on any atom is -0.487 e. The molecule has 3 heteroatoms. The molecule has 0 saturated heterocycles. The van der Waals surface area contributed by atoms with Crippen LogP contribution in [0.3, 0.4) is 0 Å². The maximum Gasteiger partial charge on any atom is 0.142 e. The second-order valence-electron chi connectivity index (χ2n) is 6.03. The molecule has 2 rings (SSSR count). The van der Waals surface area contributed by atoms with Crippen LogP contribution in [0.4, 0.5) is 5.69 Å². The number of ether oxygens (including phenoxy) is 1. The van der Waals surface area contributed by atoms with E-state index in [0.717, 1.165) is 24.4 Å². The lowest BCUT2D eigenvalue weighted by atomic mass is 10.0. The van der Waals surface area contributed by atoms with Crippen molar-refractivity contribution < 1.29 is 4.74 Å². The number of nitrogens with one attached hydrogen (secondary N) is 1. The fourth-order valence-electron chi connectivity index (χ4n) is 2.58. The standard InChI is InChI=1S/C17H28N2O/c1-5-6-9-19(4)13(2)10-15-7-8-17-16(11-15)18-12-14(3)20-17/h7-8,11,13-14,18H,5-6,9-10,12H2,1-4H3. The molecule has 0 amide bonds. The van der Waals surface area contributed by atoms with Crippen molar-refractivity contribution in [3.63, 3.8) is 0 Å². The van der Waals surface area contributed by atoms with Crippen LogP contribution in [0.2, 0.25) is 0 Å². The predicted molar refractivity (Wildman–Crippen MR) is 85.7 cm³/mol. The number of likely N-dealkylation sites (N-methyl/N-ethyl adjacent to an activating group) is 1. The van der Waals surface area contributed by atoms with E-state index >= 15 is 0 Å². The highest BCUT2D eigenvalue weighted by molar-refractivity contribution is 5.59. The third kappa shape index (κ3) is 3.89. The molecule has 1 heterocycles. The van der Waals surface area contributed by atoms with Gasteiger partial charge in [-0.15, -0.1) is 0 Å². The lowest BCUT2D eigenvalue weighted by Crippen LogP contribution is -2.32. The van der Waals surface area contributed by atoms with Crippen LogP contribution in [0.15, 0.2) is 18.2 Å². The Kier molecular flexibility index (Phi) is 5.30. The minimum absolute atomic E-state index is 0.257. The number of fused-ring (bicyclic) bond motifs is 1. The van der Waals surface area contributed by atoms with Gasteiger partial charge in [-0.1, -0.05) is 19.4 Å². The van der Waals surface area contributed by atoms with Crippen molar-refractivity contribution in [2.24, 2.45) is 0 Å². The van der Waals surface area contributed by atoms with E-state index in [1.807, 2.05) is 0 Å². The molecule has 1 aliphatic rings. The van der Waals surface area contributed by atoms with E-state index in [4.69, 9.17) is 4.74 Å². The Hall–Kier alpha value is -1.22. The number of nitrogens with zero attached hydrogens (tertiary/aromatic N) is 1. The van der Waals surface area contributed by atoms with Crippen LogP contribution in [0.5, 0.6) is 5.75 Å². The second kappa shape index (κ2) is 6.98. The van der Waals surface area contributed by atoms with Crippen LogP contribution in [0.1, 0.15) is 39.2 Å². The summed E-state index contributed by atoms with van der Waals surface area (Å²) in [6.45, 7) is 8.72. The summed E-state index contributed by atoms with van der Waals surface area (Å²) in [7, 11) is 2.22. The fourth-order valence-corrected chi connectivity index (χ4v) is 2.58. The van der Waals surface area contributed by atoms with Gasteiger partial charge in [0, 0.05) is 6.04 Å². The highest BCUT2D eigenvalue weighted by Crippen LogP contribution is 2.30. The molecule has 112 valence electrons. The van der Waals surface area contributed by atoms with Crippen molar-refractivity contribution in [3.8, 4) is 5.75 Å². The second-order valence-corrected chi connectivity index (χ2v) is 6.03. The summed E-state index contributed by atoms with van der Waals surface area (Å²) < 4.78 is 5.82. The molecule has 1 N–H and O–H groups in total. The Morgan fingerprint density at radius 1 is 1.45 bits per heavy atom. The van der Waals surface area contributed by atoms with Crippen LogP contribution < -0.4 is 10.1 Å². The van der Waals surface area contributed by atoms with Gasteiger partial charge in [-0.3, -0.25) is 0 Å². The molecule has 1 aromatic carbocycles. The number of hydrogen-bond donors (Lipinski definition) is 1. The minimum atomic E-state index is 0.257. The number of hydrogen-bond acceptors (Lipinski definition) is 3. The quantitative estimate of drug-likeness (QED) is 0.860. The third-order valence-electron chi connectivity index (χ3n) is 4.10. The van der Waals surface area contributed by atoms with Crippen LogP contribution in [-0.2, 0) is 6.42 Å². The van der Waals surface area contributed by atoms with E-state index in [9.17, 15) is 0 Å². The monoisotopic (exact) mass is 276 g/mol. The SMILES string of the molecule is CCCCN(C)C(C)Cc1ccc2c(c1)NCC(C)O2. The molecule has 0 spiro atoms. The van der Waals surface area contributed by atoms with E-state index in [2.05, 4.69) is 56.2 Å². The first-order chi connectivity index (χ1) is 9.60. The summed E-state index contributed by atoms with van der Waals surface area (Å²) in [6.07, 6.45) is 3.88. The first-order valence-electron chi connectivity index (χ1n) is 7.83.